The van der Waals surface area contributed by atoms with E-state index in [4.69, 9.17) is 5.73 Å². The number of hydrogen-bond donors (Lipinski definition) is 1. The maximum Gasteiger partial charge on any atom is 0.258 e. The summed E-state index contributed by atoms with van der Waals surface area (Å²) in [6, 6.07) is 21.2. The largest absolute Gasteiger partial charge is 0.398 e. The van der Waals surface area contributed by atoms with Crippen molar-refractivity contribution in [1.29, 1.82) is 0 Å². The molecule has 4 heterocycles. The maximum absolute atomic E-state index is 13.8. The second-order valence-corrected chi connectivity index (χ2v) is 8.27. The zero-order valence-electron chi connectivity index (χ0n) is 21.2. The van der Waals surface area contributed by atoms with Crippen LogP contribution in [0, 0.1) is 6.92 Å². The molecule has 0 unspecified atom stereocenters. The van der Waals surface area contributed by atoms with Gasteiger partial charge in [0.2, 0.25) is 0 Å². The van der Waals surface area contributed by atoms with Gasteiger partial charge in [-0.1, -0.05) is 42.5 Å². The second kappa shape index (κ2) is 14.2. The van der Waals surface area contributed by atoms with Crippen LogP contribution in [0.1, 0.15) is 35.7 Å². The Balaban J connectivity index is 0.00000124. The quantitative estimate of drug-likeness (QED) is 0.170. The molecule has 0 aliphatic carbocycles. The van der Waals surface area contributed by atoms with Crippen LogP contribution in [-0.2, 0) is 19.5 Å². The number of nitrogens with zero attached hydrogens (tertiary/aromatic N) is 5. The number of carbonyl (C=O) groups is 1. The van der Waals surface area contributed by atoms with E-state index in [2.05, 4.69) is 22.0 Å². The predicted molar refractivity (Wildman–Crippen MR) is 145 cm³/mol. The summed E-state index contributed by atoms with van der Waals surface area (Å²) in [6.45, 7) is 6.23. The van der Waals surface area contributed by atoms with Crippen molar-refractivity contribution in [3.8, 4) is 11.4 Å². The van der Waals surface area contributed by atoms with Gasteiger partial charge in [0.05, 0.1) is 29.4 Å². The van der Waals surface area contributed by atoms with Crippen LogP contribution < -0.4 is 5.73 Å². The van der Waals surface area contributed by atoms with Gasteiger partial charge in [-0.05, 0) is 48.7 Å². The number of allylic oxidation sites excluding steroid dienone is 1. The molecular formula is C29H31CmN6ORu-. The first-order valence-electron chi connectivity index (χ1n) is 12.1. The van der Waals surface area contributed by atoms with E-state index < -0.39 is 0 Å². The van der Waals surface area contributed by atoms with Crippen molar-refractivity contribution in [2.45, 2.75) is 25.8 Å². The summed E-state index contributed by atoms with van der Waals surface area (Å²) in [5.41, 5.74) is 10.4. The van der Waals surface area contributed by atoms with Gasteiger partial charge in [-0.2, -0.15) is 12.0 Å². The molecule has 0 saturated carbocycles. The van der Waals surface area contributed by atoms with Gasteiger partial charge in [0.1, 0.15) is 5.69 Å². The fraction of sp³-hybridized carbons (Fsp3) is 0.207. The first-order chi connectivity index (χ1) is 17.7. The first kappa shape index (κ1) is 29.6. The molecule has 4 aromatic rings. The molecule has 1 aliphatic heterocycles. The van der Waals surface area contributed by atoms with E-state index in [-0.39, 0.29) is 31.4 Å². The van der Waals surface area contributed by atoms with Gasteiger partial charge in [-0.3, -0.25) is 14.8 Å². The molecule has 5 rings (SSSR count). The third kappa shape index (κ3) is 6.37. The summed E-state index contributed by atoms with van der Waals surface area (Å²) < 4.78 is 1.75. The monoisotopic (exact) mass is 824 g/mol. The molecule has 7 nitrogen and oxygen atoms in total. The number of hydrogen-bond acceptors (Lipinski definition) is 5. The average molecular weight is 828 g/mol. The molecule has 1 aliphatic rings. The van der Waals surface area contributed by atoms with Gasteiger partial charge in [0.15, 0.2) is 0 Å². The number of pyridine rings is 2. The summed E-state index contributed by atoms with van der Waals surface area (Å²) in [5.74, 6) is -0.0288. The smallest absolute Gasteiger partial charge is 0.258 e. The SMILES string of the molecule is N/C(=C\C=NC[C@@H]1CCCN1C(=O)c1c(-c2ccccn2)nn2ccccc12)c1ccccc1.[CH2-]C.[Cm].[Ru]. The number of benzene rings is 1. The number of carbonyl (C=O) groups excluding carboxylic acids is 1. The number of aliphatic imine (C=N–C) groups is 1. The molecule has 0 spiro atoms. The summed E-state index contributed by atoms with van der Waals surface area (Å²) in [7, 11) is 0. The van der Waals surface area contributed by atoms with Crippen molar-refractivity contribution in [1.82, 2.24) is 19.5 Å². The Labute approximate surface area is 230 Å². The van der Waals surface area contributed by atoms with Crippen LogP contribution in [0.2, 0.25) is 0 Å². The van der Waals surface area contributed by atoms with E-state index >= 15 is 0 Å². The van der Waals surface area contributed by atoms with Crippen LogP contribution in [0.3, 0.4) is 0 Å². The van der Waals surface area contributed by atoms with Crippen molar-refractivity contribution >= 4 is 23.3 Å². The van der Waals surface area contributed by atoms with Gasteiger partial charge in [0, 0.05) is 50.3 Å². The van der Waals surface area contributed by atoms with Gasteiger partial charge in [-0.15, -0.1) is 0 Å². The molecule has 3 aromatic heterocycles. The molecule has 1 atom stereocenters. The number of aromatic nitrogens is 3. The molecular weight excluding hydrogens is 796 g/mol. The van der Waals surface area contributed by atoms with Crippen molar-refractivity contribution < 1.29 is 24.3 Å². The molecule has 2 N–H and O–H groups in total. The summed E-state index contributed by atoms with van der Waals surface area (Å²) in [6.07, 6.45) is 8.98. The molecule has 9 heteroatoms. The minimum absolute atomic E-state index is 0. The van der Waals surface area contributed by atoms with Gasteiger partial charge < -0.3 is 17.6 Å². The van der Waals surface area contributed by atoms with E-state index in [0.29, 0.717) is 35.7 Å². The fourth-order valence-electron chi connectivity index (χ4n) is 4.37. The Morgan fingerprint density at radius 1 is 1.11 bits per heavy atom. The van der Waals surface area contributed by atoms with Gasteiger partial charge in [-0.25, -0.2) is 4.52 Å². The standard InChI is InChI=1S/C27H26N6O.C2H5.Cm.Ru/c28-22(20-9-2-1-3-10-20)14-16-29-19-21-11-8-17-32(21)27(34)25-24-13-5-7-18-33(24)31-26(25)23-12-4-6-15-30-23;1-2;;/h1-7,9-10,12-16,18,21H,8,11,17,19,28H2;1H2,2H3;;/q;-1;;/b22-14-,29-16?;;;/t21-;;;/m0.../s1. The van der Waals surface area contributed by atoms with E-state index in [0.717, 1.165) is 23.9 Å². The number of amides is 1. The Morgan fingerprint density at radius 2 is 1.84 bits per heavy atom. The first-order valence-corrected chi connectivity index (χ1v) is 12.1. The third-order valence-corrected chi connectivity index (χ3v) is 6.08. The number of rotatable bonds is 6. The topological polar surface area (TPSA) is 88.9 Å². The molecule has 38 heavy (non-hydrogen) atoms. The van der Waals surface area contributed by atoms with Gasteiger partial charge in [0.25, 0.3) is 5.91 Å². The predicted octanol–water partition coefficient (Wildman–Crippen LogP) is 4.91. The number of fused-ring (bicyclic) bond motifs is 1. The minimum Gasteiger partial charge on any atom is -0.398 e. The molecule has 1 aromatic carbocycles. The van der Waals surface area contributed by atoms with Gasteiger partial charge >= 0.3 is 0 Å². The number of nitrogens with two attached hydrogens (primary N) is 1. The van der Waals surface area contributed by atoms with E-state index in [9.17, 15) is 4.79 Å². The van der Waals surface area contributed by atoms with E-state index in [1.807, 2.05) is 77.8 Å². The summed E-state index contributed by atoms with van der Waals surface area (Å²) in [4.78, 5) is 24.8. The summed E-state index contributed by atoms with van der Waals surface area (Å²) in [5, 5.41) is 4.68. The molecule has 1 saturated heterocycles. The second-order valence-electron chi connectivity index (χ2n) is 8.27. The van der Waals surface area contributed by atoms with Crippen molar-refractivity contribution in [3.05, 3.63) is 103 Å². The van der Waals surface area contributed by atoms with Crippen molar-refractivity contribution in [2.75, 3.05) is 13.1 Å². The fourth-order valence-corrected chi connectivity index (χ4v) is 4.37. The average Bonchev–Trinajstić information content (AvgIpc) is 3.58. The van der Waals surface area contributed by atoms with E-state index in [1.165, 1.54) is 0 Å². The Hall–Kier alpha value is -4.64. The van der Waals surface area contributed by atoms with Crippen molar-refractivity contribution in [2.24, 2.45) is 10.7 Å². The normalized spacial score (nSPS) is 14.9. The van der Waals surface area contributed by atoms with E-state index in [1.54, 1.807) is 29.9 Å². The van der Waals surface area contributed by atoms with Crippen LogP contribution in [0.4, 0.5) is 0 Å². The molecule has 200 valence electrons. The zero-order valence-corrected chi connectivity index (χ0v) is 25.9. The van der Waals surface area contributed by atoms with Crippen LogP contribution in [0.15, 0.2) is 90.2 Å². The van der Waals surface area contributed by atoms with Crippen LogP contribution in [0.25, 0.3) is 22.6 Å². The zero-order chi connectivity index (χ0) is 25.3. The molecule has 1 amide bonds. The summed E-state index contributed by atoms with van der Waals surface area (Å²) >= 11 is 0. The number of likely N-dealkylation sites (tertiary alicyclic amines) is 1. The Kier molecular flexibility index (Phi) is 11.1. The van der Waals surface area contributed by atoms with Crippen molar-refractivity contribution in [3.63, 3.8) is 0 Å². The van der Waals surface area contributed by atoms with Crippen LogP contribution >= 0.6 is 0 Å². The minimum atomic E-state index is -0.0288. The molecule has 0 radical (unpaired) electrons. The maximum atomic E-state index is 13.8. The van der Waals surface area contributed by atoms with Crippen LogP contribution in [0.5, 0.6) is 0 Å². The van der Waals surface area contributed by atoms with Crippen LogP contribution in [-0.4, -0.2) is 50.8 Å². The molecule has 1 fully saturated rings. The Morgan fingerprint density at radius 3 is 2.58 bits per heavy atom. The molecule has 0 bridgehead atoms. The third-order valence-electron chi connectivity index (χ3n) is 6.08. The Bertz CT molecular complexity index is 1360.